The number of halogens is 3. The number of allylic oxidation sites excluding steroid dienone is 1. The van der Waals surface area contributed by atoms with Gasteiger partial charge < -0.3 is 14.4 Å². The lowest BCUT2D eigenvalue weighted by Crippen LogP contribution is -2.35. The molecule has 3 aromatic rings. The summed E-state index contributed by atoms with van der Waals surface area (Å²) in [5, 5.41) is 0.397. The van der Waals surface area contributed by atoms with E-state index in [0.717, 1.165) is 36.1 Å². The van der Waals surface area contributed by atoms with Crippen LogP contribution in [0.4, 0.5) is 14.5 Å². The van der Waals surface area contributed by atoms with Crippen LogP contribution in [0.15, 0.2) is 66.2 Å². The van der Waals surface area contributed by atoms with Crippen molar-refractivity contribution in [3.8, 4) is 11.5 Å². The SMILES string of the molecule is COc1ccc(CN2C(=O)CCc3c(OCC4=CCC(c5ccc(Cl)cc5F)CC4)ccc(F)c32)cc1. The predicted octanol–water partition coefficient (Wildman–Crippen LogP) is 7.38. The number of carbonyl (C=O) groups excluding carboxylic acids is 1. The Morgan fingerprint density at radius 3 is 2.51 bits per heavy atom. The zero-order valence-electron chi connectivity index (χ0n) is 20.6. The highest BCUT2D eigenvalue weighted by atomic mass is 35.5. The lowest BCUT2D eigenvalue weighted by atomic mass is 9.84. The van der Waals surface area contributed by atoms with Crippen molar-refractivity contribution in [2.45, 2.75) is 44.6 Å². The summed E-state index contributed by atoms with van der Waals surface area (Å²) >= 11 is 5.89. The second-order valence-corrected chi connectivity index (χ2v) is 9.93. The van der Waals surface area contributed by atoms with E-state index in [1.54, 1.807) is 25.3 Å². The van der Waals surface area contributed by atoms with E-state index in [2.05, 4.69) is 6.08 Å². The van der Waals surface area contributed by atoms with E-state index in [-0.39, 0.29) is 24.2 Å². The van der Waals surface area contributed by atoms with Gasteiger partial charge in [0.15, 0.2) is 0 Å². The van der Waals surface area contributed by atoms with Crippen LogP contribution < -0.4 is 14.4 Å². The molecule has 0 saturated heterocycles. The predicted molar refractivity (Wildman–Crippen MR) is 140 cm³/mol. The number of benzene rings is 3. The van der Waals surface area contributed by atoms with Gasteiger partial charge in [-0.25, -0.2) is 8.78 Å². The number of methoxy groups -OCH3 is 1. The van der Waals surface area contributed by atoms with Crippen molar-refractivity contribution < 1.29 is 23.0 Å². The van der Waals surface area contributed by atoms with Gasteiger partial charge in [-0.15, -0.1) is 0 Å². The Labute approximate surface area is 220 Å². The van der Waals surface area contributed by atoms with E-state index in [0.29, 0.717) is 47.0 Å². The Kier molecular flexibility index (Phi) is 7.47. The fourth-order valence-electron chi connectivity index (χ4n) is 5.14. The maximum absolute atomic E-state index is 15.0. The number of carbonyl (C=O) groups is 1. The van der Waals surface area contributed by atoms with Crippen LogP contribution in [0.3, 0.4) is 0 Å². The summed E-state index contributed by atoms with van der Waals surface area (Å²) in [6.07, 6.45) is 5.16. The van der Waals surface area contributed by atoms with E-state index in [9.17, 15) is 9.18 Å². The molecule has 1 heterocycles. The van der Waals surface area contributed by atoms with E-state index >= 15 is 4.39 Å². The van der Waals surface area contributed by atoms with Crippen LogP contribution in [0.5, 0.6) is 11.5 Å². The van der Waals surface area contributed by atoms with E-state index in [4.69, 9.17) is 21.1 Å². The van der Waals surface area contributed by atoms with Gasteiger partial charge in [-0.3, -0.25) is 4.79 Å². The molecule has 1 unspecified atom stereocenters. The van der Waals surface area contributed by atoms with Gasteiger partial charge in [0, 0.05) is 17.0 Å². The van der Waals surface area contributed by atoms with Crippen LogP contribution in [0.2, 0.25) is 5.02 Å². The first-order valence-electron chi connectivity index (χ1n) is 12.4. The fraction of sp³-hybridized carbons (Fsp3) is 0.300. The molecule has 0 radical (unpaired) electrons. The minimum atomic E-state index is -0.436. The molecule has 3 aromatic carbocycles. The molecule has 2 aliphatic rings. The molecule has 1 atom stereocenters. The molecule has 0 aromatic heterocycles. The monoisotopic (exact) mass is 523 g/mol. The molecule has 1 aliphatic carbocycles. The molecule has 4 nitrogen and oxygen atoms in total. The van der Waals surface area contributed by atoms with Gasteiger partial charge in [0.25, 0.3) is 0 Å². The van der Waals surface area contributed by atoms with Crippen LogP contribution in [0.1, 0.15) is 48.3 Å². The summed E-state index contributed by atoms with van der Waals surface area (Å²) in [5.74, 6) is 0.603. The lowest BCUT2D eigenvalue weighted by molar-refractivity contribution is -0.119. The Bertz CT molecular complexity index is 1340. The van der Waals surface area contributed by atoms with Crippen LogP contribution in [-0.4, -0.2) is 19.6 Å². The van der Waals surface area contributed by atoms with E-state index < -0.39 is 5.82 Å². The van der Waals surface area contributed by atoms with Gasteiger partial charge in [0.05, 0.1) is 19.3 Å². The molecule has 0 spiro atoms. The molecule has 0 fully saturated rings. The number of hydrogen-bond acceptors (Lipinski definition) is 3. The van der Waals surface area contributed by atoms with Crippen molar-refractivity contribution in [3.63, 3.8) is 0 Å². The molecule has 0 bridgehead atoms. The first-order chi connectivity index (χ1) is 17.9. The number of ether oxygens (including phenoxy) is 2. The highest BCUT2D eigenvalue weighted by Crippen LogP contribution is 2.39. The highest BCUT2D eigenvalue weighted by Gasteiger charge is 2.30. The average Bonchev–Trinajstić information content (AvgIpc) is 2.90. The van der Waals surface area contributed by atoms with Crippen LogP contribution in [0.25, 0.3) is 0 Å². The Morgan fingerprint density at radius 1 is 1.00 bits per heavy atom. The third kappa shape index (κ3) is 5.49. The molecule has 192 valence electrons. The smallest absolute Gasteiger partial charge is 0.227 e. The molecule has 1 aliphatic heterocycles. The van der Waals surface area contributed by atoms with E-state index in [1.165, 1.54) is 17.0 Å². The molecular formula is C30H28ClF2NO3. The van der Waals surface area contributed by atoms with Crippen molar-refractivity contribution in [2.75, 3.05) is 18.6 Å². The summed E-state index contributed by atoms with van der Waals surface area (Å²) in [5.41, 5.74) is 3.71. The van der Waals surface area contributed by atoms with Gasteiger partial charge in [-0.2, -0.15) is 0 Å². The maximum Gasteiger partial charge on any atom is 0.227 e. The van der Waals surface area contributed by atoms with Crippen molar-refractivity contribution >= 4 is 23.2 Å². The second-order valence-electron chi connectivity index (χ2n) is 9.49. The number of rotatable bonds is 7. The Morgan fingerprint density at radius 2 is 1.81 bits per heavy atom. The van der Waals surface area contributed by atoms with Crippen LogP contribution in [-0.2, 0) is 17.8 Å². The minimum absolute atomic E-state index is 0.108. The molecule has 37 heavy (non-hydrogen) atoms. The summed E-state index contributed by atoms with van der Waals surface area (Å²) in [4.78, 5) is 14.3. The lowest BCUT2D eigenvalue weighted by Gasteiger charge is -2.31. The number of nitrogens with zero attached hydrogens (tertiary/aromatic N) is 1. The van der Waals surface area contributed by atoms with Gasteiger partial charge >= 0.3 is 0 Å². The summed E-state index contributed by atoms with van der Waals surface area (Å²) in [6, 6.07) is 15.3. The standard InChI is InChI=1S/C30H28ClF2NO3/c1-36-23-9-4-19(5-10-23)17-34-29(35)15-12-25-28(14-13-26(32)30(25)34)37-18-20-2-6-21(7-3-20)24-11-8-22(31)16-27(24)33/h2,4-5,8-11,13-14,16,21H,3,6-7,12,15,17-18H2,1H3. The number of amides is 1. The third-order valence-electron chi connectivity index (χ3n) is 7.17. The van der Waals surface area contributed by atoms with Gasteiger partial charge in [-0.1, -0.05) is 35.9 Å². The topological polar surface area (TPSA) is 38.8 Å². The zero-order valence-corrected chi connectivity index (χ0v) is 21.4. The summed E-state index contributed by atoms with van der Waals surface area (Å²) < 4.78 is 40.7. The van der Waals surface area contributed by atoms with Crippen LogP contribution in [0, 0.1) is 11.6 Å². The largest absolute Gasteiger partial charge is 0.497 e. The minimum Gasteiger partial charge on any atom is -0.497 e. The molecule has 5 rings (SSSR count). The molecule has 0 N–H and O–H groups in total. The van der Waals surface area contributed by atoms with Gasteiger partial charge in [0.1, 0.15) is 29.7 Å². The Balaban J connectivity index is 1.30. The first kappa shape index (κ1) is 25.3. The fourth-order valence-corrected chi connectivity index (χ4v) is 5.29. The third-order valence-corrected chi connectivity index (χ3v) is 7.41. The summed E-state index contributed by atoms with van der Waals surface area (Å²) in [7, 11) is 1.59. The molecule has 0 saturated carbocycles. The van der Waals surface area contributed by atoms with Crippen molar-refractivity contribution in [1.82, 2.24) is 0 Å². The normalized spacial score (nSPS) is 17.3. The zero-order chi connectivity index (χ0) is 25.9. The number of anilines is 1. The number of hydrogen-bond donors (Lipinski definition) is 0. The second kappa shape index (κ2) is 10.9. The number of fused-ring (bicyclic) bond motifs is 1. The molecule has 1 amide bonds. The first-order valence-corrected chi connectivity index (χ1v) is 12.8. The Hall–Kier alpha value is -3.38. The molecular weight excluding hydrogens is 496 g/mol. The molecule has 7 heteroatoms. The van der Waals surface area contributed by atoms with Crippen molar-refractivity contribution in [3.05, 3.63) is 99.6 Å². The highest BCUT2D eigenvalue weighted by molar-refractivity contribution is 6.30. The average molecular weight is 524 g/mol. The van der Waals surface area contributed by atoms with Gasteiger partial charge in [-0.05, 0) is 84.7 Å². The summed E-state index contributed by atoms with van der Waals surface area (Å²) in [6.45, 7) is 0.643. The van der Waals surface area contributed by atoms with Gasteiger partial charge in [0.2, 0.25) is 5.91 Å². The van der Waals surface area contributed by atoms with Crippen LogP contribution >= 0.6 is 11.6 Å². The quantitative estimate of drug-likeness (QED) is 0.303. The maximum atomic E-state index is 15.0. The van der Waals surface area contributed by atoms with E-state index in [1.807, 2.05) is 24.3 Å². The van der Waals surface area contributed by atoms with Crippen molar-refractivity contribution in [1.29, 1.82) is 0 Å². The van der Waals surface area contributed by atoms with Crippen molar-refractivity contribution in [2.24, 2.45) is 0 Å².